The molecule has 0 bridgehead atoms. The van der Waals surface area contributed by atoms with Gasteiger partial charge >= 0.3 is 6.03 Å². The van der Waals surface area contributed by atoms with Gasteiger partial charge in [0.25, 0.3) is 0 Å². The fourth-order valence-electron chi connectivity index (χ4n) is 3.26. The van der Waals surface area contributed by atoms with Gasteiger partial charge in [-0.3, -0.25) is 0 Å². The lowest BCUT2D eigenvalue weighted by Gasteiger charge is -2.12. The van der Waals surface area contributed by atoms with Gasteiger partial charge in [0.15, 0.2) is 0 Å². The van der Waals surface area contributed by atoms with Crippen LogP contribution < -0.4 is 20.5 Å². The molecule has 0 aliphatic heterocycles. The summed E-state index contributed by atoms with van der Waals surface area (Å²) < 4.78 is 43.1. The summed E-state index contributed by atoms with van der Waals surface area (Å²) in [7, 11) is -2.29. The summed E-state index contributed by atoms with van der Waals surface area (Å²) in [5.74, 6) is 0.235. The van der Waals surface area contributed by atoms with Crippen LogP contribution in [0.1, 0.15) is 0 Å². The van der Waals surface area contributed by atoms with Gasteiger partial charge in [-0.2, -0.15) is 5.10 Å². The third-order valence-corrected chi connectivity index (χ3v) is 5.82. The first-order chi connectivity index (χ1) is 16.2. The highest BCUT2D eigenvalue weighted by molar-refractivity contribution is 7.89. The van der Waals surface area contributed by atoms with Crippen LogP contribution in [0, 0.1) is 5.82 Å². The predicted octanol–water partition coefficient (Wildman–Crippen LogP) is 3.98. The summed E-state index contributed by atoms with van der Waals surface area (Å²) >= 11 is 0. The van der Waals surface area contributed by atoms with E-state index in [0.717, 1.165) is 0 Å². The molecule has 0 fully saturated rings. The van der Waals surface area contributed by atoms with Gasteiger partial charge in [0, 0.05) is 11.3 Å². The predicted molar refractivity (Wildman–Crippen MR) is 126 cm³/mol. The van der Waals surface area contributed by atoms with Gasteiger partial charge < -0.3 is 15.4 Å². The maximum absolute atomic E-state index is 13.1. The highest BCUT2D eigenvalue weighted by Crippen LogP contribution is 2.32. The smallest absolute Gasteiger partial charge is 0.323 e. The van der Waals surface area contributed by atoms with Crippen LogP contribution in [0.2, 0.25) is 0 Å². The van der Waals surface area contributed by atoms with Crippen LogP contribution in [-0.4, -0.2) is 31.3 Å². The first kappa shape index (κ1) is 23.0. The molecule has 0 radical (unpaired) electrons. The van der Waals surface area contributed by atoms with Crippen LogP contribution in [0.15, 0.2) is 83.9 Å². The number of halogens is 1. The lowest BCUT2D eigenvalue weighted by atomic mass is 10.1. The number of carbonyl (C=O) groups excluding carboxylic acids is 1. The van der Waals surface area contributed by atoms with E-state index in [-0.39, 0.29) is 4.90 Å². The number of nitrogens with one attached hydrogen (secondary N) is 2. The number of sulfonamides is 1. The topological polar surface area (TPSA) is 128 Å². The summed E-state index contributed by atoms with van der Waals surface area (Å²) in [5.41, 5.74) is 2.60. The van der Waals surface area contributed by atoms with E-state index >= 15 is 0 Å². The summed E-state index contributed by atoms with van der Waals surface area (Å²) in [6.07, 6.45) is 1.47. The van der Waals surface area contributed by atoms with Gasteiger partial charge in [-0.15, -0.1) is 0 Å². The fraction of sp³-hybridized carbons (Fsp3) is 0.0435. The first-order valence-corrected chi connectivity index (χ1v) is 11.5. The molecule has 34 heavy (non-hydrogen) atoms. The molecule has 0 saturated heterocycles. The molecule has 0 atom stereocenters. The minimum absolute atomic E-state index is 0.0357. The van der Waals surface area contributed by atoms with E-state index in [9.17, 15) is 17.6 Å². The van der Waals surface area contributed by atoms with Gasteiger partial charge in [-0.25, -0.2) is 27.4 Å². The van der Waals surface area contributed by atoms with Crippen LogP contribution in [0.4, 0.5) is 20.6 Å². The van der Waals surface area contributed by atoms with Crippen molar-refractivity contribution in [2.45, 2.75) is 4.90 Å². The number of urea groups is 1. The molecular weight excluding hydrogens is 461 g/mol. The van der Waals surface area contributed by atoms with Crippen LogP contribution in [0.3, 0.4) is 0 Å². The summed E-state index contributed by atoms with van der Waals surface area (Å²) in [6.45, 7) is 0. The highest BCUT2D eigenvalue weighted by Gasteiger charge is 2.18. The Morgan fingerprint density at radius 1 is 0.971 bits per heavy atom. The molecule has 4 rings (SSSR count). The zero-order valence-corrected chi connectivity index (χ0v) is 18.7. The minimum Gasteiger partial charge on any atom is -0.497 e. The molecule has 2 amide bonds. The van der Waals surface area contributed by atoms with Crippen molar-refractivity contribution in [3.8, 4) is 22.7 Å². The number of aromatic nitrogens is 2. The zero-order chi connectivity index (χ0) is 24.3. The normalized spacial score (nSPS) is 11.1. The molecule has 0 unspecified atom stereocenters. The lowest BCUT2D eigenvalue weighted by molar-refractivity contribution is 0.262. The van der Waals surface area contributed by atoms with E-state index in [1.807, 2.05) is 0 Å². The SMILES string of the molecule is COc1ccc(-c2c(NC(=O)Nc3ccc(F)cc3)cnn2-c2ccc(S(N)(=O)=O)cc2)cc1. The van der Waals surface area contributed by atoms with E-state index < -0.39 is 21.9 Å². The van der Waals surface area contributed by atoms with Crippen molar-refractivity contribution >= 4 is 27.4 Å². The van der Waals surface area contributed by atoms with Gasteiger partial charge in [-0.1, -0.05) is 0 Å². The maximum atomic E-state index is 13.1. The highest BCUT2D eigenvalue weighted by atomic mass is 32.2. The molecule has 9 nitrogen and oxygen atoms in total. The second-order valence-electron chi connectivity index (χ2n) is 7.17. The molecule has 4 aromatic rings. The van der Waals surface area contributed by atoms with E-state index in [1.54, 1.807) is 48.2 Å². The van der Waals surface area contributed by atoms with Crippen molar-refractivity contribution < 1.29 is 22.3 Å². The zero-order valence-electron chi connectivity index (χ0n) is 17.9. The van der Waals surface area contributed by atoms with Crippen LogP contribution in [0.5, 0.6) is 5.75 Å². The maximum Gasteiger partial charge on any atom is 0.323 e. The molecule has 1 aromatic heterocycles. The number of nitrogens with two attached hydrogens (primary N) is 1. The van der Waals surface area contributed by atoms with Crippen LogP contribution in [0.25, 0.3) is 16.9 Å². The van der Waals surface area contributed by atoms with E-state index in [1.165, 1.54) is 42.6 Å². The number of nitrogens with zero attached hydrogens (tertiary/aromatic N) is 2. The molecule has 0 aliphatic carbocycles. The number of amides is 2. The van der Waals surface area contributed by atoms with Gasteiger partial charge in [0.05, 0.1) is 35.3 Å². The Morgan fingerprint density at radius 2 is 1.62 bits per heavy atom. The standard InChI is InChI=1S/C23H20FN5O4S/c1-33-19-10-2-15(3-11-19)22-21(28-23(30)27-17-6-4-16(24)5-7-17)14-26-29(22)18-8-12-20(13-9-18)34(25,31)32/h2-14H,1H3,(H2,25,31,32)(H2,27,28,30). The van der Waals surface area contributed by atoms with E-state index in [0.29, 0.717) is 34.1 Å². The Labute approximate surface area is 195 Å². The lowest BCUT2D eigenvalue weighted by Crippen LogP contribution is -2.19. The number of anilines is 2. The van der Waals surface area contributed by atoms with Crippen molar-refractivity contribution in [1.29, 1.82) is 0 Å². The van der Waals surface area contributed by atoms with Crippen molar-refractivity contribution in [2.75, 3.05) is 17.7 Å². The Bertz CT molecular complexity index is 1420. The Hall–Kier alpha value is -4.22. The molecule has 1 heterocycles. The van der Waals surface area contributed by atoms with Gasteiger partial charge in [-0.05, 0) is 72.8 Å². The number of rotatable bonds is 6. The third kappa shape index (κ3) is 5.05. The third-order valence-electron chi connectivity index (χ3n) is 4.89. The number of methoxy groups -OCH3 is 1. The Kier molecular flexibility index (Phi) is 6.30. The molecule has 174 valence electrons. The molecule has 11 heteroatoms. The van der Waals surface area contributed by atoms with Crippen LogP contribution >= 0.6 is 0 Å². The largest absolute Gasteiger partial charge is 0.497 e. The van der Waals surface area contributed by atoms with E-state index in [2.05, 4.69) is 15.7 Å². The van der Waals surface area contributed by atoms with Gasteiger partial charge in [0.2, 0.25) is 10.0 Å². The second kappa shape index (κ2) is 9.33. The summed E-state index contributed by atoms with van der Waals surface area (Å²) in [4.78, 5) is 12.6. The first-order valence-electron chi connectivity index (χ1n) is 9.94. The molecule has 0 spiro atoms. The number of primary sulfonamides is 1. The van der Waals surface area contributed by atoms with Crippen molar-refractivity contribution in [3.05, 3.63) is 84.8 Å². The van der Waals surface area contributed by atoms with E-state index in [4.69, 9.17) is 9.88 Å². The van der Waals surface area contributed by atoms with Crippen molar-refractivity contribution in [1.82, 2.24) is 9.78 Å². The summed E-state index contributed by atoms with van der Waals surface area (Å²) in [5, 5.41) is 15.0. The van der Waals surface area contributed by atoms with Crippen molar-refractivity contribution in [2.24, 2.45) is 5.14 Å². The Morgan fingerprint density at radius 3 is 2.21 bits per heavy atom. The fourth-order valence-corrected chi connectivity index (χ4v) is 3.77. The average Bonchev–Trinajstić information content (AvgIpc) is 3.23. The molecule has 4 N–H and O–H groups in total. The molecule has 0 aliphatic rings. The number of hydrogen-bond donors (Lipinski definition) is 3. The quantitative estimate of drug-likeness (QED) is 0.384. The minimum atomic E-state index is -3.85. The van der Waals surface area contributed by atoms with Crippen LogP contribution in [-0.2, 0) is 10.0 Å². The Balaban J connectivity index is 1.70. The molecular formula is C23H20FN5O4S. The number of carbonyl (C=O) groups is 1. The molecule has 0 saturated carbocycles. The number of ether oxygens (including phenoxy) is 1. The number of hydrogen-bond acceptors (Lipinski definition) is 5. The summed E-state index contributed by atoms with van der Waals surface area (Å²) in [6, 6.07) is 17.8. The second-order valence-corrected chi connectivity index (χ2v) is 8.73. The number of benzene rings is 3. The monoisotopic (exact) mass is 481 g/mol. The van der Waals surface area contributed by atoms with Crippen molar-refractivity contribution in [3.63, 3.8) is 0 Å². The average molecular weight is 482 g/mol. The van der Waals surface area contributed by atoms with Gasteiger partial charge in [0.1, 0.15) is 11.6 Å². The molecule has 3 aromatic carbocycles.